The summed E-state index contributed by atoms with van der Waals surface area (Å²) < 4.78 is 0. The van der Waals surface area contributed by atoms with Crippen molar-refractivity contribution in [3.63, 3.8) is 0 Å². The Labute approximate surface area is 120 Å². The van der Waals surface area contributed by atoms with Crippen LogP contribution < -0.4 is 16.6 Å². The lowest BCUT2D eigenvalue weighted by atomic mass is 10.1. The molecule has 0 radical (unpaired) electrons. The number of carbonyl (C=O) groups excluding carboxylic acids is 1. The van der Waals surface area contributed by atoms with E-state index >= 15 is 0 Å². The molecule has 1 amide bonds. The van der Waals surface area contributed by atoms with E-state index in [0.29, 0.717) is 11.4 Å². The van der Waals surface area contributed by atoms with E-state index in [-0.39, 0.29) is 16.9 Å². The lowest BCUT2D eigenvalue weighted by molar-refractivity contribution is -0.384. The van der Waals surface area contributed by atoms with Crippen molar-refractivity contribution >= 4 is 23.0 Å². The molecule has 1 heterocycles. The van der Waals surface area contributed by atoms with Gasteiger partial charge in [0.1, 0.15) is 5.69 Å². The second-order valence-electron chi connectivity index (χ2n) is 4.22. The molecule has 0 aliphatic rings. The van der Waals surface area contributed by atoms with Crippen LogP contribution in [0.25, 0.3) is 0 Å². The topological polar surface area (TPSA) is 123 Å². The fourth-order valence-electron chi connectivity index (χ4n) is 1.76. The van der Waals surface area contributed by atoms with E-state index in [2.05, 4.69) is 15.7 Å². The molecule has 0 atom stereocenters. The molecule has 0 aliphatic heterocycles. The van der Waals surface area contributed by atoms with Gasteiger partial charge in [-0.1, -0.05) is 0 Å². The molecule has 8 heteroatoms. The summed E-state index contributed by atoms with van der Waals surface area (Å²) in [4.78, 5) is 26.5. The van der Waals surface area contributed by atoms with Crippen molar-refractivity contribution in [1.29, 1.82) is 0 Å². The highest BCUT2D eigenvalue weighted by Gasteiger charge is 2.17. The van der Waals surface area contributed by atoms with Gasteiger partial charge in [-0.05, 0) is 31.2 Å². The van der Waals surface area contributed by atoms with Gasteiger partial charge in [0.2, 0.25) is 0 Å². The molecule has 0 bridgehead atoms. The largest absolute Gasteiger partial charge is 0.320 e. The number of carbonyl (C=O) groups is 1. The number of aromatic nitrogens is 1. The molecular formula is C13H13N5O3. The number of hydrogen-bond donors (Lipinski definition) is 3. The molecular weight excluding hydrogens is 274 g/mol. The highest BCUT2D eigenvalue weighted by Crippen LogP contribution is 2.25. The minimum atomic E-state index is -0.610. The maximum absolute atomic E-state index is 12.1. The molecule has 0 spiro atoms. The van der Waals surface area contributed by atoms with Crippen molar-refractivity contribution in [2.24, 2.45) is 5.84 Å². The molecule has 21 heavy (non-hydrogen) atoms. The number of pyridine rings is 1. The van der Waals surface area contributed by atoms with Crippen LogP contribution in [0.3, 0.4) is 0 Å². The molecule has 2 rings (SSSR count). The fourth-order valence-corrected chi connectivity index (χ4v) is 1.76. The van der Waals surface area contributed by atoms with Gasteiger partial charge in [0.25, 0.3) is 11.6 Å². The monoisotopic (exact) mass is 287 g/mol. The number of nitrogens with one attached hydrogen (secondary N) is 2. The van der Waals surface area contributed by atoms with Crippen molar-refractivity contribution < 1.29 is 9.72 Å². The van der Waals surface area contributed by atoms with E-state index in [1.165, 1.54) is 12.1 Å². The number of amides is 1. The predicted molar refractivity (Wildman–Crippen MR) is 77.8 cm³/mol. The molecule has 1 aromatic carbocycles. The van der Waals surface area contributed by atoms with Crippen LogP contribution in [0.5, 0.6) is 0 Å². The van der Waals surface area contributed by atoms with Gasteiger partial charge in [0.15, 0.2) is 0 Å². The summed E-state index contributed by atoms with van der Waals surface area (Å²) in [6, 6.07) is 7.37. The summed E-state index contributed by atoms with van der Waals surface area (Å²) in [7, 11) is 0. The Hall–Kier alpha value is -3.00. The zero-order valence-corrected chi connectivity index (χ0v) is 11.2. The number of benzene rings is 1. The van der Waals surface area contributed by atoms with Gasteiger partial charge in [-0.3, -0.25) is 25.7 Å². The molecule has 4 N–H and O–H groups in total. The van der Waals surface area contributed by atoms with Crippen LogP contribution in [-0.2, 0) is 0 Å². The van der Waals surface area contributed by atoms with Gasteiger partial charge in [0.05, 0.1) is 16.3 Å². The van der Waals surface area contributed by atoms with Gasteiger partial charge >= 0.3 is 0 Å². The first kappa shape index (κ1) is 14.4. The first-order chi connectivity index (χ1) is 10.0. The zero-order chi connectivity index (χ0) is 15.4. The molecule has 1 aromatic heterocycles. The number of anilines is 2. The summed E-state index contributed by atoms with van der Waals surface area (Å²) in [5.41, 5.74) is 3.44. The molecule has 0 fully saturated rings. The third-order valence-electron chi connectivity index (χ3n) is 2.87. The number of nitrogens with two attached hydrogens (primary N) is 1. The molecule has 0 saturated carbocycles. The van der Waals surface area contributed by atoms with Crippen LogP contribution in [0.1, 0.15) is 16.1 Å². The minimum absolute atomic E-state index is 0.133. The summed E-state index contributed by atoms with van der Waals surface area (Å²) >= 11 is 0. The average Bonchev–Trinajstić information content (AvgIpc) is 2.48. The first-order valence-electron chi connectivity index (χ1n) is 6.01. The van der Waals surface area contributed by atoms with Gasteiger partial charge in [-0.25, -0.2) is 0 Å². The van der Waals surface area contributed by atoms with E-state index in [4.69, 9.17) is 5.84 Å². The van der Waals surface area contributed by atoms with Crippen LogP contribution in [0, 0.1) is 17.0 Å². The van der Waals surface area contributed by atoms with E-state index in [1.807, 2.05) is 0 Å². The number of hydrazine groups is 1. The number of nitro benzene ring substituents is 1. The van der Waals surface area contributed by atoms with Gasteiger partial charge in [-0.15, -0.1) is 0 Å². The Bertz CT molecular complexity index is 702. The SMILES string of the molecule is Cc1ncccc1NC(=O)c1ccc(NN)c([N+](=O)[O-])c1. The quantitative estimate of drug-likeness (QED) is 0.448. The van der Waals surface area contributed by atoms with Crippen molar-refractivity contribution in [3.05, 3.63) is 57.9 Å². The second kappa shape index (κ2) is 5.97. The number of nitrogens with zero attached hydrogens (tertiary/aromatic N) is 2. The first-order valence-corrected chi connectivity index (χ1v) is 6.01. The van der Waals surface area contributed by atoms with Crippen LogP contribution in [0.4, 0.5) is 17.1 Å². The summed E-state index contributed by atoms with van der Waals surface area (Å²) in [6.07, 6.45) is 1.61. The summed E-state index contributed by atoms with van der Waals surface area (Å²) in [6.45, 7) is 1.75. The summed E-state index contributed by atoms with van der Waals surface area (Å²) in [5, 5.41) is 13.6. The maximum Gasteiger partial charge on any atom is 0.294 e. The van der Waals surface area contributed by atoms with E-state index in [1.54, 1.807) is 25.3 Å². The average molecular weight is 287 g/mol. The summed E-state index contributed by atoms with van der Waals surface area (Å²) in [5.74, 6) is 4.73. The van der Waals surface area contributed by atoms with Gasteiger partial charge < -0.3 is 10.7 Å². The van der Waals surface area contributed by atoms with Crippen molar-refractivity contribution in [2.45, 2.75) is 6.92 Å². The Kier molecular flexibility index (Phi) is 4.10. The number of nitrogen functional groups attached to an aromatic ring is 1. The van der Waals surface area contributed by atoms with Crippen LogP contribution >= 0.6 is 0 Å². The zero-order valence-electron chi connectivity index (χ0n) is 11.2. The Morgan fingerprint density at radius 2 is 2.10 bits per heavy atom. The highest BCUT2D eigenvalue weighted by atomic mass is 16.6. The third kappa shape index (κ3) is 3.12. The highest BCUT2D eigenvalue weighted by molar-refractivity contribution is 6.05. The smallest absolute Gasteiger partial charge is 0.294 e. The molecule has 0 unspecified atom stereocenters. The molecule has 0 saturated heterocycles. The standard InChI is InChI=1S/C13H13N5O3/c1-8-10(3-2-6-15-8)16-13(19)9-4-5-11(17-14)12(7-9)18(20)21/h2-7,17H,14H2,1H3,(H,16,19). The molecule has 8 nitrogen and oxygen atoms in total. The molecule has 0 aliphatic carbocycles. The molecule has 2 aromatic rings. The number of hydrogen-bond acceptors (Lipinski definition) is 6. The number of nitro groups is 1. The van der Waals surface area contributed by atoms with Crippen molar-refractivity contribution in [2.75, 3.05) is 10.7 Å². The Balaban J connectivity index is 2.30. The van der Waals surface area contributed by atoms with Gasteiger partial charge in [-0.2, -0.15) is 0 Å². The number of rotatable bonds is 4. The lowest BCUT2D eigenvalue weighted by Gasteiger charge is -2.08. The van der Waals surface area contributed by atoms with E-state index < -0.39 is 10.8 Å². The Morgan fingerprint density at radius 1 is 1.33 bits per heavy atom. The Morgan fingerprint density at radius 3 is 2.71 bits per heavy atom. The van der Waals surface area contributed by atoms with Crippen LogP contribution in [0.2, 0.25) is 0 Å². The van der Waals surface area contributed by atoms with Crippen molar-refractivity contribution in [1.82, 2.24) is 4.98 Å². The fraction of sp³-hybridized carbons (Fsp3) is 0.0769. The lowest BCUT2D eigenvalue weighted by Crippen LogP contribution is -2.14. The van der Waals surface area contributed by atoms with E-state index in [0.717, 1.165) is 6.07 Å². The minimum Gasteiger partial charge on any atom is -0.320 e. The number of aryl methyl sites for hydroxylation is 1. The normalized spacial score (nSPS) is 10.0. The third-order valence-corrected chi connectivity index (χ3v) is 2.87. The van der Waals surface area contributed by atoms with Gasteiger partial charge in [0, 0.05) is 17.8 Å². The van der Waals surface area contributed by atoms with Crippen molar-refractivity contribution in [3.8, 4) is 0 Å². The van der Waals surface area contributed by atoms with Crippen LogP contribution in [-0.4, -0.2) is 15.8 Å². The predicted octanol–water partition coefficient (Wildman–Crippen LogP) is 1.84. The maximum atomic E-state index is 12.1. The second-order valence-corrected chi connectivity index (χ2v) is 4.22. The molecule has 108 valence electrons. The van der Waals surface area contributed by atoms with Crippen LogP contribution in [0.15, 0.2) is 36.5 Å². The van der Waals surface area contributed by atoms with E-state index in [9.17, 15) is 14.9 Å².